The van der Waals surface area contributed by atoms with Crippen molar-refractivity contribution in [1.82, 2.24) is 20.0 Å². The van der Waals surface area contributed by atoms with Crippen molar-refractivity contribution in [3.8, 4) is 0 Å². The van der Waals surface area contributed by atoms with Crippen molar-refractivity contribution >= 4 is 33.1 Å². The summed E-state index contributed by atoms with van der Waals surface area (Å²) in [4.78, 5) is 36.1. The van der Waals surface area contributed by atoms with Crippen LogP contribution in [0.15, 0.2) is 33.9 Å². The second-order valence-corrected chi connectivity index (χ2v) is 5.73. The summed E-state index contributed by atoms with van der Waals surface area (Å²) in [6.45, 7) is 1.45. The zero-order valence-electron chi connectivity index (χ0n) is 11.5. The van der Waals surface area contributed by atoms with Gasteiger partial charge in [0.2, 0.25) is 11.0 Å². The van der Waals surface area contributed by atoms with Crippen LogP contribution in [0.1, 0.15) is 5.01 Å². The van der Waals surface area contributed by atoms with Gasteiger partial charge in [0.15, 0.2) is 0 Å². The van der Waals surface area contributed by atoms with Crippen LogP contribution in [0.25, 0.3) is 10.8 Å². The summed E-state index contributed by atoms with van der Waals surface area (Å²) < 4.78 is 0.980. The van der Waals surface area contributed by atoms with Gasteiger partial charge < -0.3 is 0 Å². The molecule has 0 aliphatic heterocycles. The Morgan fingerprint density at radius 1 is 1.27 bits per heavy atom. The van der Waals surface area contributed by atoms with Gasteiger partial charge in [0.25, 0.3) is 11.1 Å². The molecule has 1 amide bonds. The van der Waals surface area contributed by atoms with Gasteiger partial charge in [-0.05, 0) is 19.1 Å². The molecule has 0 aliphatic carbocycles. The first-order valence-electron chi connectivity index (χ1n) is 6.36. The minimum absolute atomic E-state index is 0.269. The number of hydrogen-bond donors (Lipinski definition) is 2. The Morgan fingerprint density at radius 2 is 2.00 bits per heavy atom. The summed E-state index contributed by atoms with van der Waals surface area (Å²) in [5.41, 5.74) is -0.853. The number of nitrogens with zero attached hydrogens (tertiary/aromatic N) is 3. The molecule has 2 aromatic heterocycles. The topological polar surface area (TPSA) is 110 Å². The van der Waals surface area contributed by atoms with Gasteiger partial charge in [-0.15, -0.1) is 10.2 Å². The van der Waals surface area contributed by atoms with E-state index >= 15 is 0 Å². The van der Waals surface area contributed by atoms with E-state index in [1.54, 1.807) is 31.2 Å². The van der Waals surface area contributed by atoms with Crippen LogP contribution in [0.3, 0.4) is 0 Å². The number of aromatic nitrogens is 4. The molecule has 2 heterocycles. The fourth-order valence-corrected chi connectivity index (χ4v) is 2.62. The summed E-state index contributed by atoms with van der Waals surface area (Å²) in [5.74, 6) is -0.468. The molecule has 0 unspecified atom stereocenters. The second kappa shape index (κ2) is 5.53. The number of anilines is 1. The lowest BCUT2D eigenvalue weighted by atomic mass is 10.2. The van der Waals surface area contributed by atoms with E-state index in [0.717, 1.165) is 4.68 Å². The minimum atomic E-state index is -0.468. The quantitative estimate of drug-likeness (QED) is 0.730. The lowest BCUT2D eigenvalue weighted by molar-refractivity contribution is -0.117. The van der Waals surface area contributed by atoms with Gasteiger partial charge in [-0.3, -0.25) is 24.8 Å². The number of carbonyl (C=O) groups is 1. The van der Waals surface area contributed by atoms with E-state index in [1.165, 1.54) is 11.3 Å². The van der Waals surface area contributed by atoms with Gasteiger partial charge >= 0.3 is 0 Å². The third kappa shape index (κ3) is 2.66. The van der Waals surface area contributed by atoms with Gasteiger partial charge in [0.05, 0.1) is 10.8 Å². The van der Waals surface area contributed by atoms with Crippen LogP contribution in [0.5, 0.6) is 0 Å². The van der Waals surface area contributed by atoms with Crippen LogP contribution < -0.4 is 16.4 Å². The Bertz CT molecular complexity index is 971. The smallest absolute Gasteiger partial charge is 0.273 e. The van der Waals surface area contributed by atoms with Gasteiger partial charge in [-0.25, -0.2) is 4.68 Å². The number of fused-ring (bicyclic) bond motifs is 1. The van der Waals surface area contributed by atoms with Crippen LogP contribution in [-0.4, -0.2) is 25.9 Å². The molecule has 22 heavy (non-hydrogen) atoms. The summed E-state index contributed by atoms with van der Waals surface area (Å²) in [7, 11) is 0. The molecular weight excluding hydrogens is 306 g/mol. The third-order valence-electron chi connectivity index (χ3n) is 2.96. The van der Waals surface area contributed by atoms with Gasteiger partial charge in [-0.2, -0.15) is 0 Å². The lowest BCUT2D eigenvalue weighted by Crippen LogP contribution is -2.34. The Labute approximate surface area is 127 Å². The summed E-state index contributed by atoms with van der Waals surface area (Å²) >= 11 is 1.22. The fraction of sp³-hybridized carbons (Fsp3) is 0.154. The van der Waals surface area contributed by atoms with Crippen molar-refractivity contribution < 1.29 is 4.79 Å². The Kier molecular flexibility index (Phi) is 3.55. The summed E-state index contributed by atoms with van der Waals surface area (Å²) in [5, 5.41) is 14.1. The maximum Gasteiger partial charge on any atom is 0.273 e. The highest BCUT2D eigenvalue weighted by molar-refractivity contribution is 7.15. The molecule has 0 aliphatic rings. The minimum Gasteiger partial charge on any atom is -0.299 e. The van der Waals surface area contributed by atoms with E-state index in [-0.39, 0.29) is 11.9 Å². The molecule has 0 bridgehead atoms. The highest BCUT2D eigenvalue weighted by Gasteiger charge is 2.11. The molecule has 9 heteroatoms. The van der Waals surface area contributed by atoms with E-state index in [4.69, 9.17) is 0 Å². The number of hydrogen-bond acceptors (Lipinski definition) is 6. The number of rotatable bonds is 3. The predicted molar refractivity (Wildman–Crippen MR) is 82.1 cm³/mol. The van der Waals surface area contributed by atoms with Gasteiger partial charge in [-0.1, -0.05) is 23.5 Å². The van der Waals surface area contributed by atoms with Crippen molar-refractivity contribution in [2.45, 2.75) is 13.5 Å². The molecule has 112 valence electrons. The fourth-order valence-electron chi connectivity index (χ4n) is 2.01. The number of nitrogens with one attached hydrogen (secondary N) is 2. The van der Waals surface area contributed by atoms with Crippen LogP contribution in [-0.2, 0) is 11.3 Å². The zero-order chi connectivity index (χ0) is 15.7. The maximum absolute atomic E-state index is 12.3. The first-order chi connectivity index (χ1) is 10.5. The zero-order valence-corrected chi connectivity index (χ0v) is 12.3. The first kappa shape index (κ1) is 14.1. The molecular formula is C13H11N5O3S. The van der Waals surface area contributed by atoms with Crippen LogP contribution >= 0.6 is 11.3 Å². The number of H-pyrrole nitrogens is 1. The molecule has 0 saturated heterocycles. The summed E-state index contributed by atoms with van der Waals surface area (Å²) in [6.07, 6.45) is 0. The molecule has 0 atom stereocenters. The van der Waals surface area contributed by atoms with Crippen molar-refractivity contribution in [3.63, 3.8) is 0 Å². The number of carbonyl (C=O) groups excluding carboxylic acids is 1. The highest BCUT2D eigenvalue weighted by Crippen LogP contribution is 2.13. The number of amides is 1. The lowest BCUT2D eigenvalue weighted by Gasteiger charge is -2.06. The Hall–Kier alpha value is -2.81. The molecule has 1 aromatic carbocycles. The van der Waals surface area contributed by atoms with E-state index in [0.29, 0.717) is 15.5 Å². The van der Waals surface area contributed by atoms with E-state index in [9.17, 15) is 14.4 Å². The van der Waals surface area contributed by atoms with Crippen molar-refractivity contribution in [2.24, 2.45) is 0 Å². The highest BCUT2D eigenvalue weighted by atomic mass is 32.1. The summed E-state index contributed by atoms with van der Waals surface area (Å²) in [6, 6.07) is 6.45. The van der Waals surface area contributed by atoms with Crippen molar-refractivity contribution in [2.75, 3.05) is 5.32 Å². The molecule has 3 rings (SSSR count). The molecule has 0 saturated carbocycles. The molecule has 0 spiro atoms. The SMILES string of the molecule is Cc1nnc(NC(=O)Cn2[nH]c(=O)c3ccccc3c2=O)s1. The molecule has 0 fully saturated rings. The molecule has 2 N–H and O–H groups in total. The first-order valence-corrected chi connectivity index (χ1v) is 7.18. The molecule has 0 radical (unpaired) electrons. The van der Waals surface area contributed by atoms with Gasteiger partial charge in [0, 0.05) is 0 Å². The Morgan fingerprint density at radius 3 is 2.68 bits per heavy atom. The second-order valence-electron chi connectivity index (χ2n) is 4.55. The number of aryl methyl sites for hydroxylation is 1. The maximum atomic E-state index is 12.3. The average molecular weight is 317 g/mol. The predicted octanol–water partition coefficient (Wildman–Crippen LogP) is 0.488. The average Bonchev–Trinajstić information content (AvgIpc) is 2.89. The number of aromatic amines is 1. The van der Waals surface area contributed by atoms with Crippen LogP contribution in [0.4, 0.5) is 5.13 Å². The van der Waals surface area contributed by atoms with E-state index in [2.05, 4.69) is 20.6 Å². The number of benzene rings is 1. The molecule has 3 aromatic rings. The largest absolute Gasteiger partial charge is 0.299 e. The van der Waals surface area contributed by atoms with Crippen molar-refractivity contribution in [3.05, 3.63) is 50.0 Å². The van der Waals surface area contributed by atoms with E-state index < -0.39 is 17.0 Å². The molecule has 8 nitrogen and oxygen atoms in total. The third-order valence-corrected chi connectivity index (χ3v) is 3.71. The van der Waals surface area contributed by atoms with Crippen LogP contribution in [0.2, 0.25) is 0 Å². The van der Waals surface area contributed by atoms with E-state index in [1.807, 2.05) is 0 Å². The van der Waals surface area contributed by atoms with Gasteiger partial charge in [0.1, 0.15) is 11.6 Å². The van der Waals surface area contributed by atoms with Crippen molar-refractivity contribution in [1.29, 1.82) is 0 Å². The standard InChI is InChI=1S/C13H11N5O3S/c1-7-15-16-13(22-7)14-10(19)6-18-12(21)9-5-3-2-4-8(9)11(20)17-18/h2-5H,6H2,1H3,(H,17,20)(H,14,16,19). The normalized spacial score (nSPS) is 10.8. The monoisotopic (exact) mass is 317 g/mol. The Balaban J connectivity index is 1.91. The van der Waals surface area contributed by atoms with Crippen LogP contribution in [0, 0.1) is 6.92 Å².